The summed E-state index contributed by atoms with van der Waals surface area (Å²) in [5, 5.41) is 12.9. The second-order valence-electron chi connectivity index (χ2n) is 3.71. The molecule has 1 heterocycles. The van der Waals surface area contributed by atoms with Crippen molar-refractivity contribution < 1.29 is 5.11 Å². The molecule has 3 nitrogen and oxygen atoms in total. The van der Waals surface area contributed by atoms with Crippen LogP contribution in [0.2, 0.25) is 0 Å². The van der Waals surface area contributed by atoms with Crippen molar-refractivity contribution >= 4 is 23.3 Å². The van der Waals surface area contributed by atoms with E-state index in [-0.39, 0.29) is 0 Å². The van der Waals surface area contributed by atoms with Gasteiger partial charge in [0.15, 0.2) is 0 Å². The summed E-state index contributed by atoms with van der Waals surface area (Å²) in [7, 11) is 3.97. The number of aliphatic hydroxyl groups excluding tert-OH is 1. The predicted octanol–water partition coefficient (Wildman–Crippen LogP) is 2.79. The zero-order valence-corrected chi connectivity index (χ0v) is 11.3. The van der Waals surface area contributed by atoms with Gasteiger partial charge in [0, 0.05) is 22.0 Å². The highest BCUT2D eigenvalue weighted by atomic mass is 32.2. The molecule has 1 atom stereocenters. The van der Waals surface area contributed by atoms with E-state index in [0.29, 0.717) is 0 Å². The molecule has 0 aliphatic heterocycles. The number of aromatic nitrogens is 1. The van der Waals surface area contributed by atoms with E-state index >= 15 is 0 Å². The standard InChI is InChI=1S/C12H14N2OS2/c1-14(2)17-10-6-4-3-5-9(10)11(15)12-13-7-8-16-12/h3-8,11,15H,1-2H3. The Morgan fingerprint density at radius 2 is 2.12 bits per heavy atom. The van der Waals surface area contributed by atoms with Gasteiger partial charge >= 0.3 is 0 Å². The monoisotopic (exact) mass is 266 g/mol. The highest BCUT2D eigenvalue weighted by molar-refractivity contribution is 7.97. The van der Waals surface area contributed by atoms with Crippen LogP contribution < -0.4 is 0 Å². The topological polar surface area (TPSA) is 36.4 Å². The first-order valence-corrected chi connectivity index (χ1v) is 6.85. The molecule has 17 heavy (non-hydrogen) atoms. The molecule has 0 saturated heterocycles. The molecule has 2 aromatic rings. The molecule has 1 N–H and O–H groups in total. The number of aliphatic hydroxyl groups is 1. The van der Waals surface area contributed by atoms with E-state index in [0.717, 1.165) is 15.5 Å². The second kappa shape index (κ2) is 5.64. The fourth-order valence-corrected chi connectivity index (χ4v) is 2.95. The molecule has 0 saturated carbocycles. The van der Waals surface area contributed by atoms with Gasteiger partial charge in [-0.25, -0.2) is 4.98 Å². The summed E-state index contributed by atoms with van der Waals surface area (Å²) in [6, 6.07) is 7.87. The van der Waals surface area contributed by atoms with Gasteiger partial charge in [-0.2, -0.15) is 0 Å². The van der Waals surface area contributed by atoms with E-state index in [4.69, 9.17) is 0 Å². The van der Waals surface area contributed by atoms with Crippen LogP contribution in [-0.4, -0.2) is 28.5 Å². The summed E-state index contributed by atoms with van der Waals surface area (Å²) in [5.41, 5.74) is 0.904. The average Bonchev–Trinajstić information content (AvgIpc) is 2.81. The first-order valence-electron chi connectivity index (χ1n) is 5.20. The van der Waals surface area contributed by atoms with Crippen LogP contribution in [0.3, 0.4) is 0 Å². The molecule has 0 bridgehead atoms. The largest absolute Gasteiger partial charge is 0.381 e. The molecule has 2 rings (SSSR count). The van der Waals surface area contributed by atoms with Gasteiger partial charge in [-0.05, 0) is 32.1 Å². The van der Waals surface area contributed by atoms with Crippen molar-refractivity contribution in [3.8, 4) is 0 Å². The van der Waals surface area contributed by atoms with E-state index in [9.17, 15) is 5.11 Å². The van der Waals surface area contributed by atoms with Gasteiger partial charge in [0.2, 0.25) is 0 Å². The minimum absolute atomic E-state index is 0.640. The van der Waals surface area contributed by atoms with Crippen molar-refractivity contribution in [3.05, 3.63) is 46.4 Å². The smallest absolute Gasteiger partial charge is 0.132 e. The zero-order valence-electron chi connectivity index (χ0n) is 9.70. The minimum atomic E-state index is -0.640. The van der Waals surface area contributed by atoms with Crippen molar-refractivity contribution in [2.45, 2.75) is 11.0 Å². The van der Waals surface area contributed by atoms with Gasteiger partial charge in [-0.1, -0.05) is 18.2 Å². The Hall–Kier alpha value is -0.880. The fourth-order valence-electron chi connectivity index (χ4n) is 1.49. The third kappa shape index (κ3) is 3.07. The maximum absolute atomic E-state index is 10.3. The molecule has 0 radical (unpaired) electrons. The van der Waals surface area contributed by atoms with E-state index in [1.54, 1.807) is 18.1 Å². The quantitative estimate of drug-likeness (QED) is 0.863. The summed E-state index contributed by atoms with van der Waals surface area (Å²) in [5.74, 6) is 0. The van der Waals surface area contributed by atoms with E-state index in [1.165, 1.54) is 11.3 Å². The lowest BCUT2D eigenvalue weighted by atomic mass is 10.1. The minimum Gasteiger partial charge on any atom is -0.381 e. The fraction of sp³-hybridized carbons (Fsp3) is 0.250. The van der Waals surface area contributed by atoms with Gasteiger partial charge in [0.1, 0.15) is 11.1 Å². The highest BCUT2D eigenvalue weighted by Crippen LogP contribution is 2.32. The van der Waals surface area contributed by atoms with Crippen LogP contribution in [0.5, 0.6) is 0 Å². The van der Waals surface area contributed by atoms with E-state index in [2.05, 4.69) is 4.98 Å². The van der Waals surface area contributed by atoms with Gasteiger partial charge in [-0.3, -0.25) is 4.31 Å². The molecule has 1 unspecified atom stereocenters. The maximum Gasteiger partial charge on any atom is 0.132 e. The van der Waals surface area contributed by atoms with Gasteiger partial charge in [0.05, 0.1) is 0 Å². The summed E-state index contributed by atoms with van der Waals surface area (Å²) >= 11 is 3.07. The Labute approximate surface area is 109 Å². The first kappa shape index (κ1) is 12.6. The van der Waals surface area contributed by atoms with Crippen LogP contribution in [0.4, 0.5) is 0 Å². The normalized spacial score (nSPS) is 12.9. The molecule has 90 valence electrons. The molecule has 1 aromatic carbocycles. The maximum atomic E-state index is 10.3. The zero-order chi connectivity index (χ0) is 12.3. The molecular weight excluding hydrogens is 252 g/mol. The Kier molecular flexibility index (Phi) is 4.17. The Morgan fingerprint density at radius 1 is 1.35 bits per heavy atom. The number of nitrogens with zero attached hydrogens (tertiary/aromatic N) is 2. The molecule has 1 aromatic heterocycles. The van der Waals surface area contributed by atoms with Crippen molar-refractivity contribution in [2.75, 3.05) is 14.1 Å². The molecule has 0 aliphatic carbocycles. The molecule has 0 spiro atoms. The average molecular weight is 266 g/mol. The molecule has 5 heteroatoms. The lowest BCUT2D eigenvalue weighted by molar-refractivity contribution is 0.217. The third-order valence-electron chi connectivity index (χ3n) is 2.18. The number of thiazole rings is 1. The van der Waals surface area contributed by atoms with Crippen LogP contribution in [0, 0.1) is 0 Å². The van der Waals surface area contributed by atoms with Crippen LogP contribution in [0.1, 0.15) is 16.7 Å². The number of hydrogen-bond acceptors (Lipinski definition) is 5. The van der Waals surface area contributed by atoms with Crippen LogP contribution in [0.25, 0.3) is 0 Å². The number of hydrogen-bond donors (Lipinski definition) is 1. The van der Waals surface area contributed by atoms with Gasteiger partial charge in [-0.15, -0.1) is 11.3 Å². The number of benzene rings is 1. The molecular formula is C12H14N2OS2. The summed E-state index contributed by atoms with van der Waals surface area (Å²) < 4.78 is 2.01. The highest BCUT2D eigenvalue weighted by Gasteiger charge is 2.17. The van der Waals surface area contributed by atoms with Crippen molar-refractivity contribution in [1.82, 2.24) is 9.29 Å². The van der Waals surface area contributed by atoms with Crippen LogP contribution >= 0.6 is 23.3 Å². The Morgan fingerprint density at radius 3 is 2.76 bits per heavy atom. The van der Waals surface area contributed by atoms with Crippen molar-refractivity contribution in [3.63, 3.8) is 0 Å². The Balaban J connectivity index is 2.31. The molecule has 0 aliphatic rings. The van der Waals surface area contributed by atoms with E-state index in [1.807, 2.05) is 48.0 Å². The first-order chi connectivity index (χ1) is 8.18. The lowest BCUT2D eigenvalue weighted by Gasteiger charge is -2.15. The summed E-state index contributed by atoms with van der Waals surface area (Å²) in [6.07, 6.45) is 1.07. The predicted molar refractivity (Wildman–Crippen MR) is 72.2 cm³/mol. The van der Waals surface area contributed by atoms with Crippen molar-refractivity contribution in [1.29, 1.82) is 0 Å². The third-order valence-corrected chi connectivity index (χ3v) is 3.94. The molecule has 0 fully saturated rings. The SMILES string of the molecule is CN(C)Sc1ccccc1C(O)c1nccs1. The molecule has 0 amide bonds. The van der Waals surface area contributed by atoms with Crippen LogP contribution in [0.15, 0.2) is 40.7 Å². The second-order valence-corrected chi connectivity index (χ2v) is 5.99. The van der Waals surface area contributed by atoms with Gasteiger partial charge in [0.25, 0.3) is 0 Å². The summed E-state index contributed by atoms with van der Waals surface area (Å²) in [6.45, 7) is 0. The lowest BCUT2D eigenvalue weighted by Crippen LogP contribution is -2.04. The Bertz CT molecular complexity index is 471. The summed E-state index contributed by atoms with van der Waals surface area (Å²) in [4.78, 5) is 5.21. The van der Waals surface area contributed by atoms with E-state index < -0.39 is 6.10 Å². The van der Waals surface area contributed by atoms with Gasteiger partial charge < -0.3 is 5.11 Å². The van der Waals surface area contributed by atoms with Crippen molar-refractivity contribution in [2.24, 2.45) is 0 Å². The van der Waals surface area contributed by atoms with Crippen LogP contribution in [-0.2, 0) is 0 Å². The number of rotatable bonds is 4.